The van der Waals surface area contributed by atoms with Crippen molar-refractivity contribution in [3.05, 3.63) is 30.5 Å². The van der Waals surface area contributed by atoms with Gasteiger partial charge >= 0.3 is 0 Å². The lowest BCUT2D eigenvalue weighted by Gasteiger charge is -2.32. The average molecular weight is 274 g/mol. The standard InChI is InChI=1S/C16H22N2O2/c1-19-12-11-18-9-6-13(7-10-18)20-16-4-2-3-15-14(16)5-8-17-15/h2-5,8,13,17H,6-7,9-12H2,1H3. The maximum Gasteiger partial charge on any atom is 0.129 e. The Bertz CT molecular complexity index is 544. The third-order valence-electron chi connectivity index (χ3n) is 3.99. The molecule has 1 saturated heterocycles. The lowest BCUT2D eigenvalue weighted by molar-refractivity contribution is 0.0805. The normalized spacial score (nSPS) is 17.6. The van der Waals surface area contributed by atoms with Crippen molar-refractivity contribution in [3.63, 3.8) is 0 Å². The fourth-order valence-corrected chi connectivity index (χ4v) is 2.81. The summed E-state index contributed by atoms with van der Waals surface area (Å²) in [4.78, 5) is 5.67. The minimum Gasteiger partial charge on any atom is -0.490 e. The predicted octanol–water partition coefficient (Wildman–Crippen LogP) is 2.66. The Morgan fingerprint density at radius 2 is 2.10 bits per heavy atom. The molecule has 0 radical (unpaired) electrons. The molecule has 4 nitrogen and oxygen atoms in total. The number of hydrogen-bond donors (Lipinski definition) is 1. The molecule has 0 atom stereocenters. The van der Waals surface area contributed by atoms with E-state index in [1.165, 1.54) is 5.39 Å². The number of fused-ring (bicyclic) bond motifs is 1. The highest BCUT2D eigenvalue weighted by Crippen LogP contribution is 2.27. The fraction of sp³-hybridized carbons (Fsp3) is 0.500. The van der Waals surface area contributed by atoms with E-state index in [0.717, 1.165) is 50.3 Å². The molecule has 1 fully saturated rings. The molecule has 1 aromatic carbocycles. The number of H-pyrrole nitrogens is 1. The average Bonchev–Trinajstić information content (AvgIpc) is 2.96. The Morgan fingerprint density at radius 1 is 1.25 bits per heavy atom. The van der Waals surface area contributed by atoms with Crippen molar-refractivity contribution in [1.82, 2.24) is 9.88 Å². The summed E-state index contributed by atoms with van der Waals surface area (Å²) in [5.41, 5.74) is 1.14. The molecule has 3 rings (SSSR count). The molecule has 20 heavy (non-hydrogen) atoms. The Labute approximate surface area is 119 Å². The summed E-state index contributed by atoms with van der Waals surface area (Å²) < 4.78 is 11.3. The molecule has 0 aliphatic carbocycles. The maximum absolute atomic E-state index is 6.20. The number of aromatic nitrogens is 1. The van der Waals surface area contributed by atoms with Gasteiger partial charge in [-0.25, -0.2) is 0 Å². The zero-order valence-electron chi connectivity index (χ0n) is 12.0. The highest BCUT2D eigenvalue weighted by molar-refractivity contribution is 5.85. The van der Waals surface area contributed by atoms with Gasteiger partial charge in [-0.05, 0) is 31.0 Å². The van der Waals surface area contributed by atoms with E-state index in [2.05, 4.69) is 28.1 Å². The molecule has 0 unspecified atom stereocenters. The second-order valence-electron chi connectivity index (χ2n) is 5.35. The van der Waals surface area contributed by atoms with Crippen LogP contribution in [0.5, 0.6) is 5.75 Å². The van der Waals surface area contributed by atoms with Crippen LogP contribution in [-0.4, -0.2) is 49.3 Å². The van der Waals surface area contributed by atoms with Gasteiger partial charge < -0.3 is 19.4 Å². The number of hydrogen-bond acceptors (Lipinski definition) is 3. The van der Waals surface area contributed by atoms with Gasteiger partial charge in [0.15, 0.2) is 0 Å². The van der Waals surface area contributed by atoms with Crippen LogP contribution in [0.1, 0.15) is 12.8 Å². The number of nitrogens with one attached hydrogen (secondary N) is 1. The van der Waals surface area contributed by atoms with Crippen molar-refractivity contribution in [3.8, 4) is 5.75 Å². The summed E-state index contributed by atoms with van der Waals surface area (Å²) in [7, 11) is 1.76. The number of rotatable bonds is 5. The fourth-order valence-electron chi connectivity index (χ4n) is 2.81. The first kappa shape index (κ1) is 13.5. The van der Waals surface area contributed by atoms with Crippen molar-refractivity contribution < 1.29 is 9.47 Å². The third kappa shape index (κ3) is 2.97. The topological polar surface area (TPSA) is 37.5 Å². The molecular formula is C16H22N2O2. The molecule has 0 spiro atoms. The van der Waals surface area contributed by atoms with Crippen molar-refractivity contribution in [2.75, 3.05) is 33.4 Å². The van der Waals surface area contributed by atoms with Gasteiger partial charge in [0.1, 0.15) is 11.9 Å². The van der Waals surface area contributed by atoms with Crippen LogP contribution in [0.4, 0.5) is 0 Å². The number of likely N-dealkylation sites (tertiary alicyclic amines) is 1. The Balaban J connectivity index is 1.58. The van der Waals surface area contributed by atoms with Crippen LogP contribution < -0.4 is 4.74 Å². The monoisotopic (exact) mass is 274 g/mol. The number of nitrogens with zero attached hydrogens (tertiary/aromatic N) is 1. The quantitative estimate of drug-likeness (QED) is 0.911. The highest BCUT2D eigenvalue weighted by Gasteiger charge is 2.20. The molecular weight excluding hydrogens is 252 g/mol. The molecule has 108 valence electrons. The smallest absolute Gasteiger partial charge is 0.129 e. The minimum absolute atomic E-state index is 0.328. The van der Waals surface area contributed by atoms with Gasteiger partial charge in [0, 0.05) is 43.8 Å². The lowest BCUT2D eigenvalue weighted by Crippen LogP contribution is -2.39. The number of piperidine rings is 1. The van der Waals surface area contributed by atoms with E-state index in [1.54, 1.807) is 7.11 Å². The van der Waals surface area contributed by atoms with Crippen LogP contribution >= 0.6 is 0 Å². The molecule has 1 aromatic heterocycles. The van der Waals surface area contributed by atoms with Gasteiger partial charge in [-0.2, -0.15) is 0 Å². The third-order valence-corrected chi connectivity index (χ3v) is 3.99. The minimum atomic E-state index is 0.328. The summed E-state index contributed by atoms with van der Waals surface area (Å²) in [6.45, 7) is 4.03. The van der Waals surface area contributed by atoms with Crippen LogP contribution in [0.2, 0.25) is 0 Å². The van der Waals surface area contributed by atoms with E-state index in [-0.39, 0.29) is 0 Å². The SMILES string of the molecule is COCCN1CCC(Oc2cccc3[nH]ccc23)CC1. The largest absolute Gasteiger partial charge is 0.490 e. The second-order valence-corrected chi connectivity index (χ2v) is 5.35. The Hall–Kier alpha value is -1.52. The lowest BCUT2D eigenvalue weighted by atomic mass is 10.1. The van der Waals surface area contributed by atoms with Gasteiger partial charge in [-0.3, -0.25) is 0 Å². The first-order valence-corrected chi connectivity index (χ1v) is 7.31. The molecule has 2 aromatic rings. The van der Waals surface area contributed by atoms with Gasteiger partial charge in [0.2, 0.25) is 0 Å². The van der Waals surface area contributed by atoms with Crippen LogP contribution in [0.25, 0.3) is 10.9 Å². The Morgan fingerprint density at radius 3 is 2.90 bits per heavy atom. The molecule has 1 N–H and O–H groups in total. The molecule has 0 saturated carbocycles. The molecule has 0 amide bonds. The number of aromatic amines is 1. The number of benzene rings is 1. The molecule has 1 aliphatic heterocycles. The summed E-state index contributed by atoms with van der Waals surface area (Å²) in [5, 5.41) is 1.18. The zero-order chi connectivity index (χ0) is 13.8. The number of ether oxygens (including phenoxy) is 2. The summed E-state index contributed by atoms with van der Waals surface area (Å²) in [6.07, 6.45) is 4.47. The van der Waals surface area contributed by atoms with E-state index in [0.29, 0.717) is 6.10 Å². The first-order valence-electron chi connectivity index (χ1n) is 7.31. The van der Waals surface area contributed by atoms with Crippen LogP contribution in [-0.2, 0) is 4.74 Å². The predicted molar refractivity (Wildman–Crippen MR) is 80.3 cm³/mol. The second kappa shape index (κ2) is 6.29. The van der Waals surface area contributed by atoms with Crippen LogP contribution in [0.3, 0.4) is 0 Å². The Kier molecular flexibility index (Phi) is 4.23. The summed E-state index contributed by atoms with van der Waals surface area (Å²) in [6, 6.07) is 8.27. The van der Waals surface area contributed by atoms with E-state index in [9.17, 15) is 0 Å². The van der Waals surface area contributed by atoms with Crippen molar-refractivity contribution in [1.29, 1.82) is 0 Å². The first-order chi connectivity index (χ1) is 9.86. The molecule has 1 aliphatic rings. The van der Waals surface area contributed by atoms with E-state index < -0.39 is 0 Å². The molecule has 0 bridgehead atoms. The summed E-state index contributed by atoms with van der Waals surface area (Å²) in [5.74, 6) is 0.999. The summed E-state index contributed by atoms with van der Waals surface area (Å²) >= 11 is 0. The molecule has 2 heterocycles. The van der Waals surface area contributed by atoms with Crippen molar-refractivity contribution >= 4 is 10.9 Å². The van der Waals surface area contributed by atoms with E-state index in [4.69, 9.17) is 9.47 Å². The maximum atomic E-state index is 6.20. The van der Waals surface area contributed by atoms with Crippen molar-refractivity contribution in [2.45, 2.75) is 18.9 Å². The number of methoxy groups -OCH3 is 1. The van der Waals surface area contributed by atoms with Gasteiger partial charge in [-0.15, -0.1) is 0 Å². The van der Waals surface area contributed by atoms with Gasteiger partial charge in [0.25, 0.3) is 0 Å². The van der Waals surface area contributed by atoms with Gasteiger partial charge in [0.05, 0.1) is 6.61 Å². The molecule has 4 heteroatoms. The highest BCUT2D eigenvalue weighted by atomic mass is 16.5. The van der Waals surface area contributed by atoms with Crippen LogP contribution in [0.15, 0.2) is 30.5 Å². The van der Waals surface area contributed by atoms with Crippen LogP contribution in [0, 0.1) is 0 Å². The van der Waals surface area contributed by atoms with Crippen molar-refractivity contribution in [2.24, 2.45) is 0 Å². The van der Waals surface area contributed by atoms with E-state index in [1.807, 2.05) is 12.3 Å². The van der Waals surface area contributed by atoms with Gasteiger partial charge in [-0.1, -0.05) is 6.07 Å². The van der Waals surface area contributed by atoms with E-state index >= 15 is 0 Å². The zero-order valence-corrected chi connectivity index (χ0v) is 12.0.